The minimum Gasteiger partial charge on any atom is -0.507 e. The molecule has 15 heavy (non-hydrogen) atoms. The third kappa shape index (κ3) is 2.68. The van der Waals surface area contributed by atoms with E-state index < -0.39 is 24.4 Å². The molecule has 1 aromatic rings. The average molecular weight is 211 g/mol. The van der Waals surface area contributed by atoms with Gasteiger partial charge in [0.15, 0.2) is 0 Å². The van der Waals surface area contributed by atoms with Crippen molar-refractivity contribution in [1.82, 2.24) is 0 Å². The molecular formula is C10H11O5. The highest BCUT2D eigenvalue weighted by Crippen LogP contribution is 2.23. The molecule has 0 fully saturated rings. The maximum Gasteiger partial charge on any atom is 0.339 e. The Bertz CT molecular complexity index is 361. The minimum atomic E-state index is -1.26. The van der Waals surface area contributed by atoms with E-state index in [0.29, 0.717) is 0 Å². The maximum absolute atomic E-state index is 10.6. The van der Waals surface area contributed by atoms with E-state index >= 15 is 0 Å². The summed E-state index contributed by atoms with van der Waals surface area (Å²) in [5.41, 5.74) is -0.0194. The molecule has 0 aromatic heterocycles. The Morgan fingerprint density at radius 1 is 1.47 bits per heavy atom. The van der Waals surface area contributed by atoms with Crippen LogP contribution in [0.5, 0.6) is 5.75 Å². The van der Waals surface area contributed by atoms with Gasteiger partial charge in [-0.05, 0) is 23.8 Å². The molecule has 4 N–H and O–H groups in total. The lowest BCUT2D eigenvalue weighted by Gasteiger charge is -2.09. The molecule has 0 saturated heterocycles. The van der Waals surface area contributed by atoms with Crippen molar-refractivity contribution in [3.8, 4) is 5.75 Å². The average Bonchev–Trinajstić information content (AvgIpc) is 2.20. The van der Waals surface area contributed by atoms with E-state index in [1.54, 1.807) is 0 Å². The highest BCUT2D eigenvalue weighted by atomic mass is 16.4. The van der Waals surface area contributed by atoms with Crippen LogP contribution in [-0.2, 0) is 6.42 Å². The van der Waals surface area contributed by atoms with Crippen LogP contribution in [0.15, 0.2) is 12.1 Å². The van der Waals surface area contributed by atoms with Crippen LogP contribution in [0.25, 0.3) is 0 Å². The fourth-order valence-electron chi connectivity index (χ4n) is 1.17. The van der Waals surface area contributed by atoms with E-state index in [4.69, 9.17) is 15.3 Å². The summed E-state index contributed by atoms with van der Waals surface area (Å²) < 4.78 is 0. The van der Waals surface area contributed by atoms with Gasteiger partial charge in [0, 0.05) is 6.42 Å². The van der Waals surface area contributed by atoms with Crippen LogP contribution < -0.4 is 0 Å². The number of carbonyl (C=O) groups is 1. The Morgan fingerprint density at radius 2 is 2.13 bits per heavy atom. The Labute approximate surface area is 86.2 Å². The molecule has 0 spiro atoms. The van der Waals surface area contributed by atoms with Gasteiger partial charge < -0.3 is 20.4 Å². The normalized spacial score (nSPS) is 12.4. The van der Waals surface area contributed by atoms with Gasteiger partial charge >= 0.3 is 5.97 Å². The van der Waals surface area contributed by atoms with Crippen LogP contribution in [-0.4, -0.2) is 39.1 Å². The highest BCUT2D eigenvalue weighted by Gasteiger charge is 2.15. The second kappa shape index (κ2) is 4.77. The largest absolute Gasteiger partial charge is 0.507 e. The predicted molar refractivity (Wildman–Crippen MR) is 50.7 cm³/mol. The van der Waals surface area contributed by atoms with Gasteiger partial charge in [-0.2, -0.15) is 0 Å². The molecule has 1 aromatic carbocycles. The van der Waals surface area contributed by atoms with Gasteiger partial charge in [-0.3, -0.25) is 0 Å². The van der Waals surface area contributed by atoms with Crippen molar-refractivity contribution in [2.75, 3.05) is 6.61 Å². The van der Waals surface area contributed by atoms with Crippen molar-refractivity contribution in [2.45, 2.75) is 12.5 Å². The molecule has 0 aliphatic carbocycles. The number of carboxylic acids is 1. The number of aromatic hydroxyl groups is 1. The van der Waals surface area contributed by atoms with Gasteiger partial charge in [-0.25, -0.2) is 4.79 Å². The third-order valence-corrected chi connectivity index (χ3v) is 1.94. The molecule has 0 amide bonds. The molecule has 0 saturated carbocycles. The molecule has 0 heterocycles. The number of aromatic carboxylic acids is 1. The molecule has 0 aliphatic heterocycles. The Morgan fingerprint density at radius 3 is 2.67 bits per heavy atom. The van der Waals surface area contributed by atoms with Crippen LogP contribution in [0.2, 0.25) is 0 Å². The van der Waals surface area contributed by atoms with E-state index in [-0.39, 0.29) is 17.5 Å². The van der Waals surface area contributed by atoms with Crippen LogP contribution in [0, 0.1) is 6.07 Å². The first-order valence-electron chi connectivity index (χ1n) is 4.30. The third-order valence-electron chi connectivity index (χ3n) is 1.94. The van der Waals surface area contributed by atoms with Gasteiger partial charge in [0.05, 0.1) is 12.7 Å². The second-order valence-corrected chi connectivity index (χ2v) is 3.09. The summed E-state index contributed by atoms with van der Waals surface area (Å²) in [4.78, 5) is 10.6. The van der Waals surface area contributed by atoms with Crippen molar-refractivity contribution in [1.29, 1.82) is 0 Å². The Hall–Kier alpha value is -1.59. The van der Waals surface area contributed by atoms with E-state index in [2.05, 4.69) is 6.07 Å². The van der Waals surface area contributed by atoms with Gasteiger partial charge in [0.1, 0.15) is 11.3 Å². The van der Waals surface area contributed by atoms with Crippen LogP contribution in [0.1, 0.15) is 15.9 Å². The molecule has 1 atom stereocenters. The molecule has 0 aliphatic rings. The monoisotopic (exact) mass is 211 g/mol. The smallest absolute Gasteiger partial charge is 0.339 e. The zero-order valence-corrected chi connectivity index (χ0v) is 7.84. The number of hydrogen-bond acceptors (Lipinski definition) is 4. The number of benzene rings is 1. The lowest BCUT2D eigenvalue weighted by molar-refractivity contribution is 0.0692. The van der Waals surface area contributed by atoms with Gasteiger partial charge in [-0.1, -0.05) is 0 Å². The second-order valence-electron chi connectivity index (χ2n) is 3.09. The summed E-state index contributed by atoms with van der Waals surface area (Å²) in [6.45, 7) is -0.448. The number of phenols is 1. The summed E-state index contributed by atoms with van der Waals surface area (Å²) in [5, 5.41) is 35.9. The molecule has 1 rings (SSSR count). The molecule has 1 radical (unpaired) electrons. The standard InChI is InChI=1S/C10H11O5/c11-5-7(12)4-6-2-1-3-8(9(6)13)10(14)15/h2-3,7,11-13H,4-5H2,(H,14,15). The van der Waals surface area contributed by atoms with Gasteiger partial charge in [-0.15, -0.1) is 0 Å². The Balaban J connectivity index is 2.99. The van der Waals surface area contributed by atoms with E-state index in [1.807, 2.05) is 0 Å². The summed E-state index contributed by atoms with van der Waals surface area (Å²) in [5.74, 6) is -1.65. The van der Waals surface area contributed by atoms with Crippen molar-refractivity contribution in [2.24, 2.45) is 0 Å². The molecule has 0 bridgehead atoms. The number of carboxylic acid groups (broad SMARTS) is 1. The van der Waals surface area contributed by atoms with Crippen LogP contribution >= 0.6 is 0 Å². The van der Waals surface area contributed by atoms with Crippen LogP contribution in [0.4, 0.5) is 0 Å². The number of rotatable bonds is 4. The van der Waals surface area contributed by atoms with E-state index in [9.17, 15) is 9.90 Å². The zero-order valence-electron chi connectivity index (χ0n) is 7.84. The number of aliphatic hydroxyl groups is 2. The highest BCUT2D eigenvalue weighted by molar-refractivity contribution is 5.91. The topological polar surface area (TPSA) is 98.0 Å². The van der Waals surface area contributed by atoms with Gasteiger partial charge in [0.2, 0.25) is 0 Å². The molecular weight excluding hydrogens is 200 g/mol. The first-order chi connectivity index (χ1) is 7.06. The summed E-state index contributed by atoms with van der Waals surface area (Å²) in [6, 6.07) is 5.07. The quantitative estimate of drug-likeness (QED) is 0.552. The van der Waals surface area contributed by atoms with Crippen LogP contribution in [0.3, 0.4) is 0 Å². The van der Waals surface area contributed by atoms with E-state index in [1.165, 1.54) is 6.07 Å². The summed E-state index contributed by atoms with van der Waals surface area (Å²) in [6.07, 6.45) is -1.03. The van der Waals surface area contributed by atoms with Crippen molar-refractivity contribution in [3.63, 3.8) is 0 Å². The fourth-order valence-corrected chi connectivity index (χ4v) is 1.17. The Kier molecular flexibility index (Phi) is 3.65. The van der Waals surface area contributed by atoms with Crippen molar-refractivity contribution < 1.29 is 25.2 Å². The summed E-state index contributed by atoms with van der Waals surface area (Å²) in [7, 11) is 0. The SMILES string of the molecule is O=C(O)c1c[c]cc(CC(O)CO)c1O. The maximum atomic E-state index is 10.6. The first-order valence-corrected chi connectivity index (χ1v) is 4.30. The van der Waals surface area contributed by atoms with Crippen molar-refractivity contribution in [3.05, 3.63) is 29.3 Å². The molecule has 5 nitrogen and oxygen atoms in total. The lowest BCUT2D eigenvalue weighted by Crippen LogP contribution is -2.15. The lowest BCUT2D eigenvalue weighted by atomic mass is 10.0. The molecule has 5 heteroatoms. The van der Waals surface area contributed by atoms with Crippen molar-refractivity contribution >= 4 is 5.97 Å². The molecule has 1 unspecified atom stereocenters. The minimum absolute atomic E-state index is 0.0139. The predicted octanol–water partition coefficient (Wildman–Crippen LogP) is -0.214. The van der Waals surface area contributed by atoms with Gasteiger partial charge in [0.25, 0.3) is 0 Å². The zero-order chi connectivity index (χ0) is 11.4. The van der Waals surface area contributed by atoms with E-state index in [0.717, 1.165) is 6.07 Å². The number of hydrogen-bond donors (Lipinski definition) is 4. The summed E-state index contributed by atoms with van der Waals surface area (Å²) >= 11 is 0. The first kappa shape index (κ1) is 11.5. The number of aliphatic hydroxyl groups excluding tert-OH is 2. The fraction of sp³-hybridized carbons (Fsp3) is 0.300. The molecule has 81 valence electrons.